The summed E-state index contributed by atoms with van der Waals surface area (Å²) in [5.41, 5.74) is 1.75. The average Bonchev–Trinajstić information content (AvgIpc) is 3.02. The molecule has 0 saturated carbocycles. The van der Waals surface area contributed by atoms with E-state index in [-0.39, 0.29) is 16.9 Å². The summed E-state index contributed by atoms with van der Waals surface area (Å²) >= 11 is 2.95. The number of rotatable bonds is 6. The van der Waals surface area contributed by atoms with Gasteiger partial charge in [0.05, 0.1) is 11.0 Å². The first-order chi connectivity index (χ1) is 11.7. The van der Waals surface area contributed by atoms with Crippen molar-refractivity contribution in [2.75, 3.05) is 6.26 Å². The minimum atomic E-state index is -0.304. The van der Waals surface area contributed by atoms with Gasteiger partial charge in [-0.15, -0.1) is 10.2 Å². The Morgan fingerprint density at radius 1 is 0.917 bits per heavy atom. The van der Waals surface area contributed by atoms with Crippen molar-refractivity contribution in [2.45, 2.75) is 16.2 Å². The molecule has 0 aliphatic rings. The van der Waals surface area contributed by atoms with E-state index in [1.165, 1.54) is 36.0 Å². The second-order valence-electron chi connectivity index (χ2n) is 5.00. The van der Waals surface area contributed by atoms with Gasteiger partial charge in [-0.3, -0.25) is 0 Å². The normalized spacial score (nSPS) is 11.2. The highest BCUT2D eigenvalue weighted by atomic mass is 32.2. The van der Waals surface area contributed by atoms with Crippen LogP contribution in [0, 0.1) is 11.6 Å². The van der Waals surface area contributed by atoms with Gasteiger partial charge in [0, 0.05) is 0 Å². The van der Waals surface area contributed by atoms with E-state index in [2.05, 4.69) is 10.2 Å². The summed E-state index contributed by atoms with van der Waals surface area (Å²) in [5.74, 6) is 0.593. The summed E-state index contributed by atoms with van der Waals surface area (Å²) in [6.07, 6.45) is 1.96. The maximum absolute atomic E-state index is 13.2. The van der Waals surface area contributed by atoms with Crippen LogP contribution in [0.2, 0.25) is 0 Å². The van der Waals surface area contributed by atoms with Gasteiger partial charge in [-0.1, -0.05) is 36.0 Å². The summed E-state index contributed by atoms with van der Waals surface area (Å²) in [6.45, 7) is 0. The summed E-state index contributed by atoms with van der Waals surface area (Å²) in [6, 6.07) is 12.4. The van der Waals surface area contributed by atoms with E-state index in [0.29, 0.717) is 16.9 Å². The molecule has 3 nitrogen and oxygen atoms in total. The van der Waals surface area contributed by atoms with Crippen LogP contribution in [0.3, 0.4) is 0 Å². The Bertz CT molecular complexity index is 746. The molecule has 0 atom stereocenters. The molecule has 0 aliphatic carbocycles. The minimum Gasteiger partial charge on any atom is -0.415 e. The molecule has 3 rings (SSSR count). The van der Waals surface area contributed by atoms with E-state index in [1.807, 2.05) is 6.26 Å². The molecule has 124 valence electrons. The van der Waals surface area contributed by atoms with Crippen LogP contribution >= 0.6 is 23.5 Å². The Balaban J connectivity index is 1.91. The highest BCUT2D eigenvalue weighted by Gasteiger charge is 2.20. The molecule has 3 aromatic rings. The highest BCUT2D eigenvalue weighted by molar-refractivity contribution is 7.99. The lowest BCUT2D eigenvalue weighted by Gasteiger charge is -2.15. The zero-order chi connectivity index (χ0) is 16.9. The second-order valence-corrected chi connectivity index (χ2v) is 6.92. The van der Waals surface area contributed by atoms with Crippen LogP contribution in [-0.2, 0) is 5.75 Å². The Labute approximate surface area is 146 Å². The molecule has 0 aliphatic heterocycles. The summed E-state index contributed by atoms with van der Waals surface area (Å²) in [4.78, 5) is 0. The molecule has 24 heavy (non-hydrogen) atoms. The molecule has 1 aromatic heterocycles. The van der Waals surface area contributed by atoms with Crippen LogP contribution in [0.5, 0.6) is 0 Å². The Kier molecular flexibility index (Phi) is 5.52. The molecule has 0 spiro atoms. The first-order valence-corrected chi connectivity index (χ1v) is 9.42. The molecule has 0 radical (unpaired) electrons. The van der Waals surface area contributed by atoms with Gasteiger partial charge in [0.25, 0.3) is 5.22 Å². The van der Waals surface area contributed by atoms with Gasteiger partial charge >= 0.3 is 0 Å². The summed E-state index contributed by atoms with van der Waals surface area (Å²) in [7, 11) is 0. The van der Waals surface area contributed by atoms with Crippen molar-refractivity contribution in [3.8, 4) is 0 Å². The molecular formula is C17H14F2N2OS2. The van der Waals surface area contributed by atoms with Crippen molar-refractivity contribution < 1.29 is 13.2 Å². The van der Waals surface area contributed by atoms with E-state index in [1.54, 1.807) is 36.0 Å². The summed E-state index contributed by atoms with van der Waals surface area (Å²) < 4.78 is 32.1. The van der Waals surface area contributed by atoms with E-state index in [9.17, 15) is 8.78 Å². The fraction of sp³-hybridized carbons (Fsp3) is 0.176. The highest BCUT2D eigenvalue weighted by Crippen LogP contribution is 2.40. The molecule has 2 aromatic carbocycles. The molecule has 1 heterocycles. The predicted octanol–water partition coefficient (Wildman–Crippen LogP) is 5.09. The fourth-order valence-electron chi connectivity index (χ4n) is 2.17. The average molecular weight is 364 g/mol. The largest absolute Gasteiger partial charge is 0.415 e. The van der Waals surface area contributed by atoms with Crippen LogP contribution in [0.15, 0.2) is 58.2 Å². The third-order valence-electron chi connectivity index (χ3n) is 3.28. The first-order valence-electron chi connectivity index (χ1n) is 7.14. The van der Waals surface area contributed by atoms with E-state index < -0.39 is 0 Å². The lowest BCUT2D eigenvalue weighted by atomic mass is 10.0. The smallest absolute Gasteiger partial charge is 0.277 e. The van der Waals surface area contributed by atoms with Gasteiger partial charge in [-0.05, 0) is 41.6 Å². The topological polar surface area (TPSA) is 38.9 Å². The number of benzene rings is 2. The predicted molar refractivity (Wildman–Crippen MR) is 92.0 cm³/mol. The second kappa shape index (κ2) is 7.81. The SMILES string of the molecule is CSCc1nnc(SC(c2ccc(F)cc2)c2ccc(F)cc2)o1. The number of nitrogens with zero attached hydrogens (tertiary/aromatic N) is 2. The van der Waals surface area contributed by atoms with Gasteiger partial charge in [0.1, 0.15) is 11.6 Å². The fourth-order valence-corrected chi connectivity index (χ4v) is 3.56. The molecule has 0 fully saturated rings. The van der Waals surface area contributed by atoms with E-state index >= 15 is 0 Å². The lowest BCUT2D eigenvalue weighted by Crippen LogP contribution is -1.97. The zero-order valence-electron chi connectivity index (χ0n) is 12.8. The van der Waals surface area contributed by atoms with E-state index in [4.69, 9.17) is 4.42 Å². The molecular weight excluding hydrogens is 350 g/mol. The molecule has 7 heteroatoms. The van der Waals surface area contributed by atoms with Crippen molar-refractivity contribution in [3.63, 3.8) is 0 Å². The molecule has 0 unspecified atom stereocenters. The van der Waals surface area contributed by atoms with Crippen molar-refractivity contribution in [2.24, 2.45) is 0 Å². The number of hydrogen-bond acceptors (Lipinski definition) is 5. The zero-order valence-corrected chi connectivity index (χ0v) is 14.4. The van der Waals surface area contributed by atoms with Crippen molar-refractivity contribution in [1.29, 1.82) is 0 Å². The van der Waals surface area contributed by atoms with Crippen molar-refractivity contribution in [3.05, 3.63) is 77.2 Å². The standard InChI is InChI=1S/C17H14F2N2OS2/c1-23-10-15-20-21-17(22-15)24-16(11-2-6-13(18)7-3-11)12-4-8-14(19)9-5-12/h2-9,16H,10H2,1H3. The van der Waals surface area contributed by atoms with Gasteiger partial charge < -0.3 is 4.42 Å². The van der Waals surface area contributed by atoms with Crippen LogP contribution in [0.1, 0.15) is 22.3 Å². The van der Waals surface area contributed by atoms with Gasteiger partial charge in [0.2, 0.25) is 5.89 Å². The van der Waals surface area contributed by atoms with Crippen LogP contribution in [-0.4, -0.2) is 16.5 Å². The lowest BCUT2D eigenvalue weighted by molar-refractivity contribution is 0.426. The molecule has 0 amide bonds. The number of halogens is 2. The van der Waals surface area contributed by atoms with E-state index in [0.717, 1.165) is 11.1 Å². The third-order valence-corrected chi connectivity index (χ3v) is 4.96. The Hall–Kier alpha value is -1.86. The Morgan fingerprint density at radius 2 is 1.46 bits per heavy atom. The quantitative estimate of drug-likeness (QED) is 0.570. The number of aromatic nitrogens is 2. The van der Waals surface area contributed by atoms with Gasteiger partial charge in [-0.25, -0.2) is 8.78 Å². The van der Waals surface area contributed by atoms with Gasteiger partial charge in [-0.2, -0.15) is 11.8 Å². The first kappa shape index (κ1) is 17.0. The maximum Gasteiger partial charge on any atom is 0.277 e. The van der Waals surface area contributed by atoms with Crippen LogP contribution < -0.4 is 0 Å². The molecule has 0 N–H and O–H groups in total. The van der Waals surface area contributed by atoms with Crippen molar-refractivity contribution in [1.82, 2.24) is 10.2 Å². The maximum atomic E-state index is 13.2. The minimum absolute atomic E-state index is 0.200. The van der Waals surface area contributed by atoms with Crippen molar-refractivity contribution >= 4 is 23.5 Å². The number of hydrogen-bond donors (Lipinski definition) is 0. The molecule has 0 saturated heterocycles. The third kappa shape index (κ3) is 4.15. The van der Waals surface area contributed by atoms with Crippen LogP contribution in [0.25, 0.3) is 0 Å². The van der Waals surface area contributed by atoms with Gasteiger partial charge in [0.15, 0.2) is 0 Å². The monoisotopic (exact) mass is 364 g/mol. The van der Waals surface area contributed by atoms with Crippen LogP contribution in [0.4, 0.5) is 8.78 Å². The Morgan fingerprint density at radius 3 is 1.96 bits per heavy atom. The number of thioether (sulfide) groups is 2. The molecule has 0 bridgehead atoms. The summed E-state index contributed by atoms with van der Waals surface area (Å²) in [5, 5.41) is 8.27.